The maximum atomic E-state index is 13.2. The van der Waals surface area contributed by atoms with E-state index < -0.39 is 34.1 Å². The molecular formula is C20H13ClF6N2O2. The van der Waals surface area contributed by atoms with Crippen molar-refractivity contribution in [2.45, 2.75) is 12.4 Å². The lowest BCUT2D eigenvalue weighted by atomic mass is 10.1. The van der Waals surface area contributed by atoms with E-state index in [1.807, 2.05) is 0 Å². The first-order chi connectivity index (χ1) is 14.4. The second-order valence-corrected chi connectivity index (χ2v) is 6.74. The largest absolute Gasteiger partial charge is 0.497 e. The molecular weight excluding hydrogens is 450 g/mol. The summed E-state index contributed by atoms with van der Waals surface area (Å²) in [4.78, 5) is 12.4. The summed E-state index contributed by atoms with van der Waals surface area (Å²) >= 11 is 5.68. The van der Waals surface area contributed by atoms with Crippen molar-refractivity contribution in [1.82, 2.24) is 4.57 Å². The summed E-state index contributed by atoms with van der Waals surface area (Å²) in [5.74, 6) is 0.482. The number of benzene rings is 2. The average molecular weight is 463 g/mol. The van der Waals surface area contributed by atoms with Gasteiger partial charge in [0.15, 0.2) is 0 Å². The summed E-state index contributed by atoms with van der Waals surface area (Å²) in [5, 5.41) is 1.97. The van der Waals surface area contributed by atoms with Crippen molar-refractivity contribution in [3.63, 3.8) is 0 Å². The van der Waals surface area contributed by atoms with Crippen LogP contribution in [0, 0.1) is 0 Å². The molecule has 2 aromatic carbocycles. The smallest absolute Gasteiger partial charge is 0.417 e. The number of ether oxygens (including phenoxy) is 1. The molecule has 164 valence electrons. The minimum atomic E-state index is -4.82. The fraction of sp³-hybridized carbons (Fsp3) is 0.150. The minimum Gasteiger partial charge on any atom is -0.497 e. The zero-order valence-electron chi connectivity index (χ0n) is 15.6. The molecule has 0 bridgehead atoms. The molecule has 4 nitrogen and oxygen atoms in total. The molecule has 0 spiro atoms. The Labute approximate surface area is 176 Å². The van der Waals surface area contributed by atoms with Gasteiger partial charge in [0.25, 0.3) is 5.56 Å². The van der Waals surface area contributed by atoms with Crippen LogP contribution in [0.25, 0.3) is 5.69 Å². The van der Waals surface area contributed by atoms with Gasteiger partial charge in [0.2, 0.25) is 0 Å². The van der Waals surface area contributed by atoms with Crippen LogP contribution in [0.2, 0.25) is 5.02 Å². The highest BCUT2D eigenvalue weighted by molar-refractivity contribution is 6.30. The van der Waals surface area contributed by atoms with Crippen LogP contribution in [-0.4, -0.2) is 11.7 Å². The third-order valence-electron chi connectivity index (χ3n) is 4.25. The minimum absolute atomic E-state index is 0.248. The summed E-state index contributed by atoms with van der Waals surface area (Å²) in [7, 11) is 1.43. The van der Waals surface area contributed by atoms with Gasteiger partial charge in [-0.05, 0) is 48.5 Å². The molecule has 0 aliphatic carbocycles. The quantitative estimate of drug-likeness (QED) is 0.464. The number of nitrogens with zero attached hydrogens (tertiary/aromatic N) is 1. The molecule has 3 rings (SSSR count). The molecule has 0 amide bonds. The van der Waals surface area contributed by atoms with Crippen molar-refractivity contribution < 1.29 is 31.1 Å². The lowest BCUT2D eigenvalue weighted by Gasteiger charge is -2.18. The van der Waals surface area contributed by atoms with Crippen molar-refractivity contribution in [2.24, 2.45) is 0 Å². The van der Waals surface area contributed by atoms with E-state index in [1.165, 1.54) is 31.4 Å². The first-order valence-electron chi connectivity index (χ1n) is 8.52. The Kier molecular flexibility index (Phi) is 5.95. The first kappa shape index (κ1) is 22.5. The van der Waals surface area contributed by atoms with Crippen LogP contribution < -0.4 is 15.6 Å². The molecule has 0 unspecified atom stereocenters. The zero-order chi connectivity index (χ0) is 23.0. The number of hydrogen-bond donors (Lipinski definition) is 1. The van der Waals surface area contributed by atoms with Crippen LogP contribution in [0.5, 0.6) is 5.75 Å². The molecule has 0 saturated carbocycles. The molecule has 1 N–H and O–H groups in total. The van der Waals surface area contributed by atoms with Gasteiger partial charge in [0, 0.05) is 11.9 Å². The molecule has 0 atom stereocenters. The second kappa shape index (κ2) is 8.18. The molecule has 31 heavy (non-hydrogen) atoms. The Morgan fingerprint density at radius 2 is 1.52 bits per heavy atom. The molecule has 0 aliphatic rings. The Balaban J connectivity index is 2.20. The highest BCUT2D eigenvalue weighted by Crippen LogP contribution is 2.36. The van der Waals surface area contributed by atoms with Gasteiger partial charge in [-0.3, -0.25) is 9.36 Å². The zero-order valence-corrected chi connectivity index (χ0v) is 16.4. The van der Waals surface area contributed by atoms with E-state index in [-0.39, 0.29) is 11.4 Å². The fourth-order valence-corrected chi connectivity index (χ4v) is 2.94. The highest BCUT2D eigenvalue weighted by atomic mass is 35.5. The summed E-state index contributed by atoms with van der Waals surface area (Å²) in [6.07, 6.45) is -9.06. The number of halogens is 7. The summed E-state index contributed by atoms with van der Waals surface area (Å²) in [6.45, 7) is 0. The second-order valence-electron chi connectivity index (χ2n) is 6.33. The topological polar surface area (TPSA) is 43.3 Å². The number of pyridine rings is 1. The lowest BCUT2D eigenvalue weighted by Crippen LogP contribution is -2.22. The molecule has 1 heterocycles. The molecule has 0 saturated heterocycles. The van der Waals surface area contributed by atoms with E-state index in [9.17, 15) is 31.1 Å². The number of rotatable bonds is 4. The van der Waals surface area contributed by atoms with Gasteiger partial charge in [-0.2, -0.15) is 26.3 Å². The predicted molar refractivity (Wildman–Crippen MR) is 103 cm³/mol. The van der Waals surface area contributed by atoms with Crippen LogP contribution >= 0.6 is 11.6 Å². The normalized spacial score (nSPS) is 12.0. The third-order valence-corrected chi connectivity index (χ3v) is 4.52. The average Bonchev–Trinajstić information content (AvgIpc) is 2.69. The van der Waals surface area contributed by atoms with Gasteiger partial charge < -0.3 is 10.1 Å². The summed E-state index contributed by atoms with van der Waals surface area (Å²) < 4.78 is 84.8. The predicted octanol–water partition coefficient (Wildman–Crippen LogP) is 6.28. The van der Waals surface area contributed by atoms with Gasteiger partial charge in [-0.25, -0.2) is 0 Å². The van der Waals surface area contributed by atoms with Crippen molar-refractivity contribution >= 4 is 23.0 Å². The first-order valence-corrected chi connectivity index (χ1v) is 8.90. The van der Waals surface area contributed by atoms with E-state index in [0.29, 0.717) is 40.4 Å². The summed E-state index contributed by atoms with van der Waals surface area (Å²) in [6, 6.07) is 8.75. The van der Waals surface area contributed by atoms with Gasteiger partial charge in [-0.15, -0.1) is 0 Å². The lowest BCUT2D eigenvalue weighted by molar-refractivity contribution is -0.138. The van der Waals surface area contributed by atoms with E-state index in [2.05, 4.69) is 5.32 Å². The Morgan fingerprint density at radius 1 is 0.903 bits per heavy atom. The van der Waals surface area contributed by atoms with E-state index in [4.69, 9.17) is 16.3 Å². The maximum Gasteiger partial charge on any atom is 0.417 e. The number of aromatic nitrogens is 1. The molecule has 0 aliphatic heterocycles. The van der Waals surface area contributed by atoms with Crippen molar-refractivity contribution in [1.29, 1.82) is 0 Å². The van der Waals surface area contributed by atoms with Crippen molar-refractivity contribution in [2.75, 3.05) is 12.4 Å². The van der Waals surface area contributed by atoms with Crippen molar-refractivity contribution in [3.8, 4) is 11.4 Å². The maximum absolute atomic E-state index is 13.2. The standard InChI is InChI=1S/C20H13ClF6N2O2/c1-31-14-5-3-13(4-6-14)28-16-9-11(19(22,23)24)2-7-17(16)29-10-12(20(25,26)27)8-15(21)18(29)30/h2-10,28H,1H3. The summed E-state index contributed by atoms with van der Waals surface area (Å²) in [5.41, 5.74) is -3.50. The molecule has 1 aromatic heterocycles. The number of alkyl halides is 6. The van der Waals surface area contributed by atoms with Gasteiger partial charge in [0.1, 0.15) is 10.8 Å². The van der Waals surface area contributed by atoms with Crippen LogP contribution in [0.1, 0.15) is 11.1 Å². The third kappa shape index (κ3) is 4.96. The number of hydrogen-bond acceptors (Lipinski definition) is 3. The van der Waals surface area contributed by atoms with Crippen LogP contribution in [-0.2, 0) is 12.4 Å². The fourth-order valence-electron chi connectivity index (χ4n) is 2.73. The number of methoxy groups -OCH3 is 1. The van der Waals surface area contributed by atoms with Gasteiger partial charge in [-0.1, -0.05) is 11.6 Å². The SMILES string of the molecule is COc1ccc(Nc2cc(C(F)(F)F)ccc2-n2cc(C(F)(F)F)cc(Cl)c2=O)cc1. The Morgan fingerprint density at radius 3 is 2.06 bits per heavy atom. The monoisotopic (exact) mass is 462 g/mol. The van der Waals surface area contributed by atoms with E-state index in [0.717, 1.165) is 6.07 Å². The molecule has 0 radical (unpaired) electrons. The Bertz CT molecular complexity index is 1150. The van der Waals surface area contributed by atoms with Crippen LogP contribution in [0.4, 0.5) is 37.7 Å². The van der Waals surface area contributed by atoms with Gasteiger partial charge >= 0.3 is 12.4 Å². The van der Waals surface area contributed by atoms with Crippen LogP contribution in [0.15, 0.2) is 59.5 Å². The van der Waals surface area contributed by atoms with Crippen LogP contribution in [0.3, 0.4) is 0 Å². The van der Waals surface area contributed by atoms with E-state index in [1.54, 1.807) is 0 Å². The van der Waals surface area contributed by atoms with E-state index >= 15 is 0 Å². The van der Waals surface area contributed by atoms with Crippen molar-refractivity contribution in [3.05, 3.63) is 81.2 Å². The molecule has 3 aromatic rings. The van der Waals surface area contributed by atoms with Gasteiger partial charge in [0.05, 0.1) is 29.6 Å². The number of anilines is 2. The number of nitrogens with one attached hydrogen (secondary N) is 1. The molecule has 11 heteroatoms. The molecule has 0 fully saturated rings. The Hall–Kier alpha value is -3.14. The highest BCUT2D eigenvalue weighted by Gasteiger charge is 2.33.